The summed E-state index contributed by atoms with van der Waals surface area (Å²) in [6.07, 6.45) is 2.56. The van der Waals surface area contributed by atoms with Gasteiger partial charge in [0, 0.05) is 31.5 Å². The molecule has 5 nitrogen and oxygen atoms in total. The molecule has 0 unspecified atom stereocenters. The molecule has 5 heteroatoms. The molecule has 0 spiro atoms. The third-order valence-electron chi connectivity index (χ3n) is 5.34. The first-order valence-electron chi connectivity index (χ1n) is 10.7. The zero-order valence-corrected chi connectivity index (χ0v) is 18.1. The second-order valence-electron chi connectivity index (χ2n) is 7.49. The first-order valence-corrected chi connectivity index (χ1v) is 10.7. The number of nitrogens with zero attached hydrogens (tertiary/aromatic N) is 2. The maximum atomic E-state index is 12.4. The van der Waals surface area contributed by atoms with Gasteiger partial charge < -0.3 is 9.73 Å². The van der Waals surface area contributed by atoms with Crippen LogP contribution in [-0.4, -0.2) is 28.9 Å². The van der Waals surface area contributed by atoms with Crippen molar-refractivity contribution < 1.29 is 9.21 Å². The second kappa shape index (κ2) is 10.7. The lowest BCUT2D eigenvalue weighted by Gasteiger charge is -2.20. The van der Waals surface area contributed by atoms with Crippen LogP contribution >= 0.6 is 0 Å². The van der Waals surface area contributed by atoms with E-state index in [4.69, 9.17) is 4.42 Å². The highest BCUT2D eigenvalue weighted by Crippen LogP contribution is 2.21. The molecular formula is C25H31N3O2. The molecule has 1 amide bonds. The number of hydrogen-bond acceptors (Lipinski definition) is 4. The van der Waals surface area contributed by atoms with Gasteiger partial charge in [-0.25, -0.2) is 4.98 Å². The van der Waals surface area contributed by atoms with Crippen molar-refractivity contribution in [2.45, 2.75) is 46.7 Å². The van der Waals surface area contributed by atoms with Crippen LogP contribution in [-0.2, 0) is 24.3 Å². The number of hydrogen-bond donors (Lipinski definition) is 1. The van der Waals surface area contributed by atoms with Gasteiger partial charge in [0.2, 0.25) is 5.91 Å². The maximum Gasteiger partial charge on any atom is 0.220 e. The summed E-state index contributed by atoms with van der Waals surface area (Å²) in [6.45, 7) is 9.85. The third kappa shape index (κ3) is 6.04. The molecule has 0 aliphatic rings. The summed E-state index contributed by atoms with van der Waals surface area (Å²) in [6, 6.07) is 16.4. The number of aromatic nitrogens is 1. The van der Waals surface area contributed by atoms with Crippen LogP contribution in [0.15, 0.2) is 59.1 Å². The summed E-state index contributed by atoms with van der Waals surface area (Å²) in [5.41, 5.74) is 4.62. The molecule has 0 aliphatic heterocycles. The van der Waals surface area contributed by atoms with Gasteiger partial charge in [0.15, 0.2) is 11.7 Å². The van der Waals surface area contributed by atoms with E-state index in [1.165, 1.54) is 11.1 Å². The largest absolute Gasteiger partial charge is 0.441 e. The smallest absolute Gasteiger partial charge is 0.220 e. The van der Waals surface area contributed by atoms with Gasteiger partial charge in [-0.05, 0) is 31.1 Å². The quantitative estimate of drug-likeness (QED) is 0.529. The minimum atomic E-state index is 0.00253. The lowest BCUT2D eigenvalue weighted by atomic mass is 10.1. The minimum absolute atomic E-state index is 0.00253. The molecule has 1 N–H and O–H groups in total. The summed E-state index contributed by atoms with van der Waals surface area (Å²) >= 11 is 0. The molecule has 1 aromatic heterocycles. The summed E-state index contributed by atoms with van der Waals surface area (Å²) in [4.78, 5) is 19.0. The lowest BCUT2D eigenvalue weighted by molar-refractivity contribution is -0.121. The molecule has 3 aromatic rings. The van der Waals surface area contributed by atoms with Crippen molar-refractivity contribution >= 4 is 5.91 Å². The van der Waals surface area contributed by atoms with Crippen LogP contribution in [0.25, 0.3) is 11.3 Å². The van der Waals surface area contributed by atoms with Gasteiger partial charge in [-0.1, -0.05) is 67.9 Å². The van der Waals surface area contributed by atoms with Crippen molar-refractivity contribution in [3.63, 3.8) is 0 Å². The van der Waals surface area contributed by atoms with Crippen LogP contribution < -0.4 is 5.32 Å². The molecule has 2 aromatic carbocycles. The zero-order valence-electron chi connectivity index (χ0n) is 18.1. The predicted octanol–water partition coefficient (Wildman–Crippen LogP) is 4.74. The topological polar surface area (TPSA) is 58.4 Å². The third-order valence-corrected chi connectivity index (χ3v) is 5.34. The van der Waals surface area contributed by atoms with Crippen molar-refractivity contribution in [2.24, 2.45) is 0 Å². The number of carbonyl (C=O) groups is 1. The number of amides is 1. The Morgan fingerprint density at radius 1 is 1.03 bits per heavy atom. The Morgan fingerprint density at radius 3 is 2.43 bits per heavy atom. The Bertz CT molecular complexity index is 943. The van der Waals surface area contributed by atoms with Crippen molar-refractivity contribution in [2.75, 3.05) is 13.1 Å². The van der Waals surface area contributed by atoms with Crippen molar-refractivity contribution in [3.05, 3.63) is 77.3 Å². The zero-order chi connectivity index (χ0) is 21.3. The SMILES string of the molecule is CCN(CC)Cc1ccccc1CNC(=O)CCc1ncc(-c2ccc(C)cc2)o1. The van der Waals surface area contributed by atoms with Crippen LogP contribution in [0.3, 0.4) is 0 Å². The molecule has 0 saturated heterocycles. The highest BCUT2D eigenvalue weighted by molar-refractivity contribution is 5.76. The Balaban J connectivity index is 1.51. The van der Waals surface area contributed by atoms with E-state index in [1.807, 2.05) is 30.3 Å². The summed E-state index contributed by atoms with van der Waals surface area (Å²) in [5.74, 6) is 1.32. The van der Waals surface area contributed by atoms with Gasteiger partial charge in [0.05, 0.1) is 6.20 Å². The Morgan fingerprint density at radius 2 is 1.73 bits per heavy atom. The van der Waals surface area contributed by atoms with Crippen LogP contribution in [0.4, 0.5) is 0 Å². The van der Waals surface area contributed by atoms with Crippen molar-refractivity contribution in [3.8, 4) is 11.3 Å². The first kappa shape index (κ1) is 21.8. The molecule has 0 aliphatic carbocycles. The summed E-state index contributed by atoms with van der Waals surface area (Å²) < 4.78 is 5.81. The van der Waals surface area contributed by atoms with Crippen LogP contribution in [0, 0.1) is 6.92 Å². The van der Waals surface area contributed by atoms with Gasteiger partial charge in [-0.15, -0.1) is 0 Å². The van der Waals surface area contributed by atoms with Gasteiger partial charge in [-0.2, -0.15) is 0 Å². The number of carbonyl (C=O) groups excluding carboxylic acids is 1. The molecule has 0 bridgehead atoms. The average Bonchev–Trinajstić information content (AvgIpc) is 3.24. The monoisotopic (exact) mass is 405 g/mol. The van der Waals surface area contributed by atoms with Crippen LogP contribution in [0.5, 0.6) is 0 Å². The van der Waals surface area contributed by atoms with E-state index in [9.17, 15) is 4.79 Å². The van der Waals surface area contributed by atoms with Gasteiger partial charge in [0.25, 0.3) is 0 Å². The van der Waals surface area contributed by atoms with E-state index in [-0.39, 0.29) is 5.91 Å². The molecule has 158 valence electrons. The highest BCUT2D eigenvalue weighted by Gasteiger charge is 2.11. The van der Waals surface area contributed by atoms with Gasteiger partial charge >= 0.3 is 0 Å². The molecule has 0 saturated carbocycles. The number of rotatable bonds is 10. The van der Waals surface area contributed by atoms with Crippen LogP contribution in [0.2, 0.25) is 0 Å². The van der Waals surface area contributed by atoms with Crippen molar-refractivity contribution in [1.82, 2.24) is 15.2 Å². The second-order valence-corrected chi connectivity index (χ2v) is 7.49. The fourth-order valence-corrected chi connectivity index (χ4v) is 3.35. The molecule has 30 heavy (non-hydrogen) atoms. The number of nitrogens with one attached hydrogen (secondary N) is 1. The number of oxazole rings is 1. The highest BCUT2D eigenvalue weighted by atomic mass is 16.4. The summed E-state index contributed by atoms with van der Waals surface area (Å²) in [5, 5.41) is 3.04. The fraction of sp³-hybridized carbons (Fsp3) is 0.360. The minimum Gasteiger partial charge on any atom is -0.441 e. The lowest BCUT2D eigenvalue weighted by Crippen LogP contribution is -2.26. The standard InChI is InChI=1S/C25H31N3O2/c1-4-28(5-2)18-22-9-7-6-8-21(22)16-26-24(29)14-15-25-27-17-23(30-25)20-12-10-19(3)11-13-20/h6-13,17H,4-5,14-16,18H2,1-3H3,(H,26,29). The predicted molar refractivity (Wildman–Crippen MR) is 120 cm³/mol. The molecule has 0 fully saturated rings. The summed E-state index contributed by atoms with van der Waals surface area (Å²) in [7, 11) is 0. The van der Waals surface area contributed by atoms with E-state index in [0.717, 1.165) is 36.5 Å². The van der Waals surface area contributed by atoms with Gasteiger partial charge in [0.1, 0.15) is 0 Å². The molecule has 0 radical (unpaired) electrons. The van der Waals surface area contributed by atoms with Crippen LogP contribution in [0.1, 0.15) is 42.8 Å². The molecule has 3 rings (SSSR count). The van der Waals surface area contributed by atoms with E-state index in [0.29, 0.717) is 25.3 Å². The average molecular weight is 406 g/mol. The van der Waals surface area contributed by atoms with E-state index >= 15 is 0 Å². The van der Waals surface area contributed by atoms with E-state index in [1.54, 1.807) is 6.20 Å². The first-order chi connectivity index (χ1) is 14.6. The molecule has 1 heterocycles. The van der Waals surface area contributed by atoms with Crippen molar-refractivity contribution in [1.29, 1.82) is 0 Å². The Hall–Kier alpha value is -2.92. The Kier molecular flexibility index (Phi) is 7.80. The molecule has 0 atom stereocenters. The number of benzene rings is 2. The van der Waals surface area contributed by atoms with E-state index < -0.39 is 0 Å². The normalized spacial score (nSPS) is 11.1. The molecular weight excluding hydrogens is 374 g/mol. The van der Waals surface area contributed by atoms with E-state index in [2.05, 4.69) is 54.2 Å². The number of aryl methyl sites for hydroxylation is 2. The van der Waals surface area contributed by atoms with Gasteiger partial charge in [-0.3, -0.25) is 9.69 Å². The maximum absolute atomic E-state index is 12.4. The fourth-order valence-electron chi connectivity index (χ4n) is 3.35. The Labute approximate surface area is 179 Å².